The number of halogens is 1. The summed E-state index contributed by atoms with van der Waals surface area (Å²) in [5.41, 5.74) is 7.13. The third-order valence-electron chi connectivity index (χ3n) is 3.70. The van der Waals surface area contributed by atoms with E-state index in [1.54, 1.807) is 12.1 Å². The molecular weight excluding hydrogens is 318 g/mol. The third kappa shape index (κ3) is 4.21. The number of rotatable bonds is 5. The van der Waals surface area contributed by atoms with Crippen LogP contribution in [0.1, 0.15) is 26.2 Å². The summed E-state index contributed by atoms with van der Waals surface area (Å²) in [5.74, 6) is 0.795. The van der Waals surface area contributed by atoms with E-state index >= 15 is 0 Å². The number of hydrogen-bond acceptors (Lipinski definition) is 3. The summed E-state index contributed by atoms with van der Waals surface area (Å²) in [7, 11) is 0. The quantitative estimate of drug-likeness (QED) is 0.810. The second-order valence-electron chi connectivity index (χ2n) is 5.47. The first-order valence-corrected chi connectivity index (χ1v) is 7.95. The van der Waals surface area contributed by atoms with Crippen molar-refractivity contribution < 1.29 is 4.79 Å². The van der Waals surface area contributed by atoms with Gasteiger partial charge >= 0.3 is 0 Å². The lowest BCUT2D eigenvalue weighted by atomic mass is 10.0. The van der Waals surface area contributed by atoms with Gasteiger partial charge in [-0.25, -0.2) is 0 Å². The molecular formula is C15H22BrN3O. The third-order valence-corrected chi connectivity index (χ3v) is 4.36. The van der Waals surface area contributed by atoms with E-state index in [2.05, 4.69) is 33.1 Å². The number of anilines is 2. The maximum atomic E-state index is 12.1. The Morgan fingerprint density at radius 3 is 3.05 bits per heavy atom. The zero-order valence-corrected chi connectivity index (χ0v) is 13.4. The highest BCUT2D eigenvalue weighted by Crippen LogP contribution is 2.25. The molecule has 1 aromatic carbocycles. The van der Waals surface area contributed by atoms with Crippen LogP contribution in [0.2, 0.25) is 0 Å². The van der Waals surface area contributed by atoms with Gasteiger partial charge < -0.3 is 11.1 Å². The summed E-state index contributed by atoms with van der Waals surface area (Å²) in [6.45, 7) is 4.76. The first kappa shape index (κ1) is 15.3. The number of hydrogen-bond donors (Lipinski definition) is 2. The Bertz CT molecular complexity index is 478. The van der Waals surface area contributed by atoms with Gasteiger partial charge in [0.05, 0.1) is 12.2 Å². The Balaban J connectivity index is 1.84. The molecule has 1 fully saturated rings. The Hall–Kier alpha value is -1.07. The Morgan fingerprint density at radius 2 is 2.35 bits per heavy atom. The van der Waals surface area contributed by atoms with Crippen LogP contribution in [-0.4, -0.2) is 30.4 Å². The number of nitrogens with one attached hydrogen (secondary N) is 1. The van der Waals surface area contributed by atoms with Crippen LogP contribution in [0.4, 0.5) is 11.4 Å². The summed E-state index contributed by atoms with van der Waals surface area (Å²) >= 11 is 3.41. The molecule has 0 saturated carbocycles. The van der Waals surface area contributed by atoms with Gasteiger partial charge in [0, 0.05) is 16.7 Å². The van der Waals surface area contributed by atoms with E-state index in [0.29, 0.717) is 12.2 Å². The molecule has 1 aliphatic heterocycles. The maximum Gasteiger partial charge on any atom is 0.238 e. The molecule has 0 aromatic heterocycles. The van der Waals surface area contributed by atoms with Crippen molar-refractivity contribution in [2.75, 3.05) is 30.7 Å². The average Bonchev–Trinajstić information content (AvgIpc) is 2.81. The van der Waals surface area contributed by atoms with Crippen molar-refractivity contribution in [3.05, 3.63) is 22.7 Å². The van der Waals surface area contributed by atoms with Gasteiger partial charge in [0.15, 0.2) is 0 Å². The minimum atomic E-state index is 0.0348. The largest absolute Gasteiger partial charge is 0.399 e. The van der Waals surface area contributed by atoms with E-state index < -0.39 is 0 Å². The number of carbonyl (C=O) groups excluding carboxylic acids is 1. The molecule has 0 aliphatic carbocycles. The Kier molecular flexibility index (Phi) is 5.43. The van der Waals surface area contributed by atoms with Crippen LogP contribution in [0.15, 0.2) is 22.7 Å². The standard InChI is InChI=1S/C15H22BrN3O/c1-2-3-11-6-7-19(9-11)10-15(20)18-14-5-4-12(17)8-13(14)16/h4-5,8,11H,2-3,6-7,9-10,17H2,1H3,(H,18,20). The second kappa shape index (κ2) is 7.09. The fourth-order valence-corrected chi connectivity index (χ4v) is 3.22. The lowest BCUT2D eigenvalue weighted by Crippen LogP contribution is -2.31. The van der Waals surface area contributed by atoms with E-state index in [0.717, 1.165) is 29.2 Å². The van der Waals surface area contributed by atoms with Gasteiger partial charge in [-0.15, -0.1) is 0 Å². The SMILES string of the molecule is CCCC1CCN(CC(=O)Nc2ccc(N)cc2Br)C1. The smallest absolute Gasteiger partial charge is 0.238 e. The fourth-order valence-electron chi connectivity index (χ4n) is 2.73. The van der Waals surface area contributed by atoms with E-state index in [1.807, 2.05) is 6.07 Å². The molecule has 1 heterocycles. The predicted molar refractivity (Wildman–Crippen MR) is 86.6 cm³/mol. The van der Waals surface area contributed by atoms with Crippen molar-refractivity contribution in [1.82, 2.24) is 4.90 Å². The van der Waals surface area contributed by atoms with Crippen molar-refractivity contribution in [2.45, 2.75) is 26.2 Å². The molecule has 20 heavy (non-hydrogen) atoms. The lowest BCUT2D eigenvalue weighted by Gasteiger charge is -2.16. The zero-order valence-electron chi connectivity index (χ0n) is 11.9. The predicted octanol–water partition coefficient (Wildman–Crippen LogP) is 3.09. The topological polar surface area (TPSA) is 58.4 Å². The van der Waals surface area contributed by atoms with Crippen molar-refractivity contribution >= 4 is 33.2 Å². The molecule has 0 spiro atoms. The molecule has 5 heteroatoms. The Labute approximate surface area is 128 Å². The van der Waals surface area contributed by atoms with Gasteiger partial charge in [-0.05, 0) is 59.4 Å². The van der Waals surface area contributed by atoms with Crippen molar-refractivity contribution in [2.24, 2.45) is 5.92 Å². The normalized spacial score (nSPS) is 19.2. The van der Waals surface area contributed by atoms with Crippen LogP contribution < -0.4 is 11.1 Å². The molecule has 1 aromatic rings. The fraction of sp³-hybridized carbons (Fsp3) is 0.533. The van der Waals surface area contributed by atoms with Gasteiger partial charge in [-0.2, -0.15) is 0 Å². The molecule has 2 rings (SSSR count). The van der Waals surface area contributed by atoms with E-state index in [9.17, 15) is 4.79 Å². The number of nitrogen functional groups attached to an aromatic ring is 1. The molecule has 0 radical (unpaired) electrons. The lowest BCUT2D eigenvalue weighted by molar-refractivity contribution is -0.117. The van der Waals surface area contributed by atoms with Crippen molar-refractivity contribution in [3.8, 4) is 0 Å². The molecule has 1 unspecified atom stereocenters. The van der Waals surface area contributed by atoms with Gasteiger partial charge in [0.2, 0.25) is 5.91 Å². The number of benzene rings is 1. The summed E-state index contributed by atoms with van der Waals surface area (Å²) in [6, 6.07) is 5.40. The van der Waals surface area contributed by atoms with Crippen LogP contribution >= 0.6 is 15.9 Å². The highest BCUT2D eigenvalue weighted by atomic mass is 79.9. The van der Waals surface area contributed by atoms with Gasteiger partial charge in [-0.3, -0.25) is 9.69 Å². The van der Waals surface area contributed by atoms with Crippen LogP contribution in [0.3, 0.4) is 0 Å². The van der Waals surface area contributed by atoms with Crippen LogP contribution in [0, 0.1) is 5.92 Å². The van der Waals surface area contributed by atoms with Crippen LogP contribution in [0.5, 0.6) is 0 Å². The van der Waals surface area contributed by atoms with Gasteiger partial charge in [0.25, 0.3) is 0 Å². The minimum Gasteiger partial charge on any atom is -0.399 e. The number of nitrogens with zero attached hydrogens (tertiary/aromatic N) is 1. The van der Waals surface area contributed by atoms with Crippen molar-refractivity contribution in [1.29, 1.82) is 0 Å². The molecule has 1 aliphatic rings. The highest BCUT2D eigenvalue weighted by molar-refractivity contribution is 9.10. The van der Waals surface area contributed by atoms with Gasteiger partial charge in [-0.1, -0.05) is 13.3 Å². The molecule has 4 nitrogen and oxygen atoms in total. The first-order chi connectivity index (χ1) is 9.58. The van der Waals surface area contributed by atoms with Crippen molar-refractivity contribution in [3.63, 3.8) is 0 Å². The Morgan fingerprint density at radius 1 is 1.55 bits per heavy atom. The maximum absolute atomic E-state index is 12.1. The summed E-state index contributed by atoms with van der Waals surface area (Å²) in [4.78, 5) is 14.3. The van der Waals surface area contributed by atoms with E-state index in [1.165, 1.54) is 19.3 Å². The number of carbonyl (C=O) groups is 1. The van der Waals surface area contributed by atoms with E-state index in [4.69, 9.17) is 5.73 Å². The molecule has 1 amide bonds. The monoisotopic (exact) mass is 339 g/mol. The number of amides is 1. The highest BCUT2D eigenvalue weighted by Gasteiger charge is 2.23. The minimum absolute atomic E-state index is 0.0348. The average molecular weight is 340 g/mol. The molecule has 1 atom stereocenters. The summed E-state index contributed by atoms with van der Waals surface area (Å²) < 4.78 is 0.816. The van der Waals surface area contributed by atoms with Crippen LogP contribution in [-0.2, 0) is 4.79 Å². The first-order valence-electron chi connectivity index (χ1n) is 7.15. The van der Waals surface area contributed by atoms with Gasteiger partial charge in [0.1, 0.15) is 0 Å². The molecule has 3 N–H and O–H groups in total. The summed E-state index contributed by atoms with van der Waals surface area (Å²) in [5, 5.41) is 2.93. The summed E-state index contributed by atoms with van der Waals surface area (Å²) in [6.07, 6.45) is 3.71. The zero-order chi connectivity index (χ0) is 14.5. The molecule has 0 bridgehead atoms. The van der Waals surface area contributed by atoms with E-state index in [-0.39, 0.29) is 5.91 Å². The molecule has 1 saturated heterocycles. The van der Waals surface area contributed by atoms with Crippen LogP contribution in [0.25, 0.3) is 0 Å². The number of nitrogens with two attached hydrogens (primary N) is 1. The second-order valence-corrected chi connectivity index (χ2v) is 6.32. The number of likely N-dealkylation sites (tertiary alicyclic amines) is 1. The molecule has 110 valence electrons.